The largest absolute Gasteiger partial charge is 0.357 e. The summed E-state index contributed by atoms with van der Waals surface area (Å²) in [6.45, 7) is -0.682. The van der Waals surface area contributed by atoms with Crippen LogP contribution in [0.4, 0.5) is 5.69 Å². The van der Waals surface area contributed by atoms with Gasteiger partial charge in [-0.3, -0.25) is 13.9 Å². The molecule has 1 atom stereocenters. The normalized spacial score (nSPS) is 12.0. The summed E-state index contributed by atoms with van der Waals surface area (Å²) in [5.74, 6) is -1.04. The Labute approximate surface area is 232 Å². The minimum absolute atomic E-state index is 0.116. The van der Waals surface area contributed by atoms with Crippen molar-refractivity contribution < 1.29 is 18.0 Å². The van der Waals surface area contributed by atoms with Crippen molar-refractivity contribution in [3.05, 3.63) is 99.0 Å². The second-order valence-corrected chi connectivity index (χ2v) is 11.4. The van der Waals surface area contributed by atoms with Crippen molar-refractivity contribution in [1.29, 1.82) is 0 Å². The maximum Gasteiger partial charge on any atom is 0.244 e. The van der Waals surface area contributed by atoms with Gasteiger partial charge in [-0.2, -0.15) is 0 Å². The third kappa shape index (κ3) is 7.61. The molecule has 0 radical (unpaired) electrons. The first-order valence-electron chi connectivity index (χ1n) is 11.2. The molecule has 0 aliphatic rings. The minimum atomic E-state index is -3.89. The first-order chi connectivity index (χ1) is 17.5. The van der Waals surface area contributed by atoms with Crippen LogP contribution in [0.5, 0.6) is 0 Å². The van der Waals surface area contributed by atoms with Gasteiger partial charge in [0.05, 0.1) is 11.9 Å². The van der Waals surface area contributed by atoms with Crippen LogP contribution in [0.1, 0.15) is 11.1 Å². The van der Waals surface area contributed by atoms with Gasteiger partial charge in [-0.05, 0) is 35.9 Å². The molecule has 2 amide bonds. The Morgan fingerprint density at radius 1 is 0.919 bits per heavy atom. The van der Waals surface area contributed by atoms with E-state index in [9.17, 15) is 18.0 Å². The summed E-state index contributed by atoms with van der Waals surface area (Å²) >= 11 is 18.9. The number of amides is 2. The van der Waals surface area contributed by atoms with E-state index in [-0.39, 0.29) is 18.7 Å². The lowest BCUT2D eigenvalue weighted by Gasteiger charge is -2.33. The van der Waals surface area contributed by atoms with Crippen molar-refractivity contribution in [2.45, 2.75) is 19.0 Å². The van der Waals surface area contributed by atoms with Crippen LogP contribution >= 0.6 is 34.8 Å². The molecule has 1 N–H and O–H groups in total. The van der Waals surface area contributed by atoms with Crippen molar-refractivity contribution in [2.75, 3.05) is 24.2 Å². The molecule has 0 heterocycles. The number of nitrogens with one attached hydrogen (secondary N) is 1. The molecule has 11 heteroatoms. The molecule has 37 heavy (non-hydrogen) atoms. The highest BCUT2D eigenvalue weighted by atomic mass is 35.5. The number of hydrogen-bond acceptors (Lipinski definition) is 4. The summed E-state index contributed by atoms with van der Waals surface area (Å²) in [6.07, 6.45) is 1.18. The number of anilines is 1. The van der Waals surface area contributed by atoms with Crippen LogP contribution < -0.4 is 9.62 Å². The van der Waals surface area contributed by atoms with Crippen LogP contribution in [0.2, 0.25) is 15.1 Å². The lowest BCUT2D eigenvalue weighted by Crippen LogP contribution is -2.53. The molecule has 0 spiro atoms. The van der Waals surface area contributed by atoms with Crippen molar-refractivity contribution in [1.82, 2.24) is 10.2 Å². The number of rotatable bonds is 10. The van der Waals surface area contributed by atoms with E-state index in [1.807, 2.05) is 30.3 Å². The molecular weight excluding hydrogens is 557 g/mol. The van der Waals surface area contributed by atoms with E-state index in [4.69, 9.17) is 34.8 Å². The van der Waals surface area contributed by atoms with Gasteiger partial charge < -0.3 is 10.2 Å². The molecule has 0 bridgehead atoms. The lowest BCUT2D eigenvalue weighted by molar-refractivity contribution is -0.139. The summed E-state index contributed by atoms with van der Waals surface area (Å²) in [6, 6.07) is 19.3. The van der Waals surface area contributed by atoms with Crippen molar-refractivity contribution in [3.8, 4) is 0 Å². The molecule has 0 saturated heterocycles. The monoisotopic (exact) mass is 581 g/mol. The number of halogens is 3. The van der Waals surface area contributed by atoms with E-state index in [1.54, 1.807) is 30.3 Å². The third-order valence-electron chi connectivity index (χ3n) is 5.68. The van der Waals surface area contributed by atoms with Crippen LogP contribution in [0.25, 0.3) is 0 Å². The Kier molecular flexibility index (Phi) is 9.84. The fourth-order valence-electron chi connectivity index (χ4n) is 3.82. The smallest absolute Gasteiger partial charge is 0.244 e. The molecule has 3 aromatic carbocycles. The number of nitrogens with zero attached hydrogens (tertiary/aromatic N) is 2. The van der Waals surface area contributed by atoms with Gasteiger partial charge in [0.1, 0.15) is 12.6 Å². The van der Waals surface area contributed by atoms with Crippen molar-refractivity contribution in [3.63, 3.8) is 0 Å². The first-order valence-corrected chi connectivity index (χ1v) is 14.2. The van der Waals surface area contributed by atoms with E-state index < -0.39 is 34.4 Å². The molecule has 0 aliphatic carbocycles. The first kappa shape index (κ1) is 28.8. The SMILES string of the molecule is CNC(=O)C(Cc1ccccc1)N(Cc1c(Cl)cccc1Cl)C(=O)CN(c1cccc(Cl)c1)S(C)(=O)=O. The Bertz CT molecular complexity index is 1350. The van der Waals surface area contributed by atoms with Gasteiger partial charge in [0.15, 0.2) is 0 Å². The molecule has 3 rings (SSSR count). The van der Waals surface area contributed by atoms with Gasteiger partial charge in [0.2, 0.25) is 21.8 Å². The Morgan fingerprint density at radius 2 is 1.54 bits per heavy atom. The number of carbonyl (C=O) groups excluding carboxylic acids is 2. The van der Waals surface area contributed by atoms with Gasteiger partial charge >= 0.3 is 0 Å². The molecule has 0 aromatic heterocycles. The second-order valence-electron chi connectivity index (χ2n) is 8.29. The zero-order valence-corrected chi connectivity index (χ0v) is 23.3. The molecular formula is C26H26Cl3N3O4S. The zero-order chi connectivity index (χ0) is 27.2. The number of carbonyl (C=O) groups is 2. The van der Waals surface area contributed by atoms with Gasteiger partial charge in [-0.15, -0.1) is 0 Å². The van der Waals surface area contributed by atoms with Crippen LogP contribution in [-0.2, 0) is 32.6 Å². The Balaban J connectivity index is 2.07. The average molecular weight is 583 g/mol. The number of hydrogen-bond donors (Lipinski definition) is 1. The molecule has 0 aliphatic heterocycles. The van der Waals surface area contributed by atoms with Crippen LogP contribution in [-0.4, -0.2) is 51.0 Å². The van der Waals surface area contributed by atoms with Crippen molar-refractivity contribution >= 4 is 62.3 Å². The molecule has 3 aromatic rings. The summed E-state index contributed by atoms with van der Waals surface area (Å²) in [5.41, 5.74) is 1.47. The Hall–Kier alpha value is -2.78. The summed E-state index contributed by atoms with van der Waals surface area (Å²) in [5, 5.41) is 3.55. The number of benzene rings is 3. The summed E-state index contributed by atoms with van der Waals surface area (Å²) < 4.78 is 26.4. The van der Waals surface area contributed by atoms with E-state index >= 15 is 0 Å². The highest BCUT2D eigenvalue weighted by molar-refractivity contribution is 7.92. The number of likely N-dealkylation sites (N-methyl/N-ethyl adjacent to an activating group) is 1. The fraction of sp³-hybridized carbons (Fsp3) is 0.231. The van der Waals surface area contributed by atoms with E-state index in [0.717, 1.165) is 16.1 Å². The van der Waals surface area contributed by atoms with Gasteiger partial charge in [0, 0.05) is 40.6 Å². The molecule has 0 fully saturated rings. The van der Waals surface area contributed by atoms with Gasteiger partial charge in [-0.25, -0.2) is 8.42 Å². The predicted octanol–water partition coefficient (Wildman–Crippen LogP) is 4.80. The lowest BCUT2D eigenvalue weighted by atomic mass is 10.0. The maximum absolute atomic E-state index is 13.9. The Morgan fingerprint density at radius 3 is 2.11 bits per heavy atom. The van der Waals surface area contributed by atoms with Gasteiger partial charge in [-0.1, -0.05) is 77.3 Å². The average Bonchev–Trinajstić information content (AvgIpc) is 2.85. The fourth-order valence-corrected chi connectivity index (χ4v) is 5.36. The van der Waals surface area contributed by atoms with Crippen LogP contribution in [0, 0.1) is 0 Å². The van der Waals surface area contributed by atoms with Crippen LogP contribution in [0.3, 0.4) is 0 Å². The van der Waals surface area contributed by atoms with E-state index in [1.165, 1.54) is 24.1 Å². The quantitative estimate of drug-likeness (QED) is 0.372. The molecule has 7 nitrogen and oxygen atoms in total. The summed E-state index contributed by atoms with van der Waals surface area (Å²) in [7, 11) is -2.42. The predicted molar refractivity (Wildman–Crippen MR) is 149 cm³/mol. The van der Waals surface area contributed by atoms with Crippen molar-refractivity contribution in [2.24, 2.45) is 0 Å². The molecule has 196 valence electrons. The summed E-state index contributed by atoms with van der Waals surface area (Å²) in [4.78, 5) is 28.3. The minimum Gasteiger partial charge on any atom is -0.357 e. The van der Waals surface area contributed by atoms with Gasteiger partial charge in [0.25, 0.3) is 0 Å². The van der Waals surface area contributed by atoms with Crippen LogP contribution in [0.15, 0.2) is 72.8 Å². The third-order valence-corrected chi connectivity index (χ3v) is 7.77. The molecule has 1 unspecified atom stereocenters. The standard InChI is InChI=1S/C26H26Cl3N3O4S/c1-30-26(34)24(14-18-8-4-3-5-9-18)31(16-21-22(28)12-7-13-23(21)29)25(33)17-32(37(2,35)36)20-11-6-10-19(27)15-20/h3-13,15,24H,14,16-17H2,1-2H3,(H,30,34). The highest BCUT2D eigenvalue weighted by Crippen LogP contribution is 2.28. The topological polar surface area (TPSA) is 86.8 Å². The second kappa shape index (κ2) is 12.6. The van der Waals surface area contributed by atoms with E-state index in [2.05, 4.69) is 5.32 Å². The zero-order valence-electron chi connectivity index (χ0n) is 20.2. The number of sulfonamides is 1. The highest BCUT2D eigenvalue weighted by Gasteiger charge is 2.33. The van der Waals surface area contributed by atoms with E-state index in [0.29, 0.717) is 20.6 Å². The molecule has 0 saturated carbocycles. The maximum atomic E-state index is 13.9.